The van der Waals surface area contributed by atoms with Crippen molar-refractivity contribution in [2.24, 2.45) is 0 Å². The van der Waals surface area contributed by atoms with Gasteiger partial charge in [-0.15, -0.1) is 0 Å². The highest BCUT2D eigenvalue weighted by atomic mass is 16.5. The van der Waals surface area contributed by atoms with Gasteiger partial charge in [0, 0.05) is 19.5 Å². The van der Waals surface area contributed by atoms with Crippen LogP contribution in [0.1, 0.15) is 6.92 Å². The van der Waals surface area contributed by atoms with Crippen molar-refractivity contribution >= 4 is 11.9 Å². The topological polar surface area (TPSA) is 58.6 Å². The largest absolute Gasteiger partial charge is 0.461 e. The zero-order valence-electron chi connectivity index (χ0n) is 10.2. The summed E-state index contributed by atoms with van der Waals surface area (Å²) in [7, 11) is 3.84. The molecule has 0 radical (unpaired) electrons. The predicted molar refractivity (Wildman–Crippen MR) is 63.7 cm³/mol. The van der Waals surface area contributed by atoms with Crippen molar-refractivity contribution in [3.8, 4) is 0 Å². The zero-order chi connectivity index (χ0) is 13.0. The minimum absolute atomic E-state index is 0.0787. The van der Waals surface area contributed by atoms with Crippen LogP contribution in [-0.2, 0) is 14.3 Å². The number of amides is 1. The molecule has 0 aromatic heterocycles. The maximum atomic E-state index is 10.4. The van der Waals surface area contributed by atoms with Gasteiger partial charge in [0.05, 0.1) is 0 Å². The molecule has 0 aromatic rings. The number of esters is 1. The monoisotopic (exact) mass is 228 g/mol. The van der Waals surface area contributed by atoms with Crippen LogP contribution in [0.15, 0.2) is 25.4 Å². The summed E-state index contributed by atoms with van der Waals surface area (Å²) in [6, 6.07) is 0. The Balaban J connectivity index is 0. The molecule has 92 valence electrons. The van der Waals surface area contributed by atoms with Crippen LogP contribution in [-0.4, -0.2) is 44.0 Å². The van der Waals surface area contributed by atoms with Gasteiger partial charge >= 0.3 is 5.97 Å². The molecule has 0 saturated heterocycles. The molecule has 16 heavy (non-hydrogen) atoms. The molecule has 5 heteroatoms. The minimum Gasteiger partial charge on any atom is -0.461 e. The number of nitrogens with one attached hydrogen (secondary N) is 1. The average molecular weight is 228 g/mol. The van der Waals surface area contributed by atoms with E-state index < -0.39 is 0 Å². The van der Waals surface area contributed by atoms with E-state index in [1.807, 2.05) is 19.0 Å². The molecule has 0 rings (SSSR count). The van der Waals surface area contributed by atoms with Crippen molar-refractivity contribution in [1.29, 1.82) is 0 Å². The third-order valence-electron chi connectivity index (χ3n) is 1.25. The number of rotatable bonds is 5. The Morgan fingerprint density at radius 1 is 1.38 bits per heavy atom. The number of carbonyl (C=O) groups is 2. The van der Waals surface area contributed by atoms with Gasteiger partial charge in [0.25, 0.3) is 0 Å². The Labute approximate surface area is 96.8 Å². The molecule has 0 spiro atoms. The van der Waals surface area contributed by atoms with Gasteiger partial charge in [0.2, 0.25) is 5.91 Å². The van der Waals surface area contributed by atoms with Gasteiger partial charge in [-0.1, -0.05) is 13.2 Å². The summed E-state index contributed by atoms with van der Waals surface area (Å²) in [6.45, 7) is 9.15. The highest BCUT2D eigenvalue weighted by Crippen LogP contribution is 1.80. The molecule has 0 aromatic carbocycles. The van der Waals surface area contributed by atoms with E-state index in [1.54, 1.807) is 0 Å². The number of carbonyl (C=O) groups excluding carboxylic acids is 2. The van der Waals surface area contributed by atoms with Crippen LogP contribution in [0.25, 0.3) is 0 Å². The first-order chi connectivity index (χ1) is 7.43. The summed E-state index contributed by atoms with van der Waals surface area (Å²) < 4.78 is 4.70. The molecule has 0 unspecified atom stereocenters. The van der Waals surface area contributed by atoms with Crippen LogP contribution in [0.2, 0.25) is 0 Å². The fourth-order valence-corrected chi connectivity index (χ4v) is 0.531. The molecule has 0 fully saturated rings. The molecule has 1 N–H and O–H groups in total. The maximum absolute atomic E-state index is 10.4. The first kappa shape index (κ1) is 16.8. The summed E-state index contributed by atoms with van der Waals surface area (Å²) in [5, 5.41) is 2.33. The second-order valence-corrected chi connectivity index (χ2v) is 3.08. The SMILES string of the molecule is C=CC(=O)OCCN(C)C.C=CNC(C)=O. The fraction of sp³-hybridized carbons (Fsp3) is 0.455. The first-order valence-electron chi connectivity index (χ1n) is 4.76. The number of nitrogens with zero attached hydrogens (tertiary/aromatic N) is 1. The Kier molecular flexibility index (Phi) is 12.0. The van der Waals surface area contributed by atoms with E-state index >= 15 is 0 Å². The van der Waals surface area contributed by atoms with Crippen LogP contribution in [0.5, 0.6) is 0 Å². The smallest absolute Gasteiger partial charge is 0.330 e. The van der Waals surface area contributed by atoms with E-state index in [9.17, 15) is 9.59 Å². The standard InChI is InChI=1S/C7H13NO2.C4H7NO/c1-4-7(9)10-6-5-8(2)3;1-3-5-4(2)6/h4H,1,5-6H2,2-3H3;3H,1H2,2H3,(H,5,6). The lowest BCUT2D eigenvalue weighted by molar-refractivity contribution is -0.138. The molecule has 0 heterocycles. The second kappa shape index (κ2) is 11.5. The van der Waals surface area contributed by atoms with Gasteiger partial charge in [0.15, 0.2) is 0 Å². The van der Waals surface area contributed by atoms with E-state index in [4.69, 9.17) is 4.74 Å². The van der Waals surface area contributed by atoms with Crippen LogP contribution >= 0.6 is 0 Å². The van der Waals surface area contributed by atoms with Crippen molar-refractivity contribution in [2.75, 3.05) is 27.2 Å². The summed E-state index contributed by atoms with van der Waals surface area (Å²) in [5.74, 6) is -0.438. The van der Waals surface area contributed by atoms with E-state index in [0.717, 1.165) is 12.6 Å². The average Bonchev–Trinajstić information content (AvgIpc) is 2.17. The lowest BCUT2D eigenvalue weighted by Gasteiger charge is -2.07. The molecule has 1 amide bonds. The highest BCUT2D eigenvalue weighted by Gasteiger charge is 1.94. The van der Waals surface area contributed by atoms with Gasteiger partial charge in [-0.3, -0.25) is 4.79 Å². The van der Waals surface area contributed by atoms with E-state index in [1.165, 1.54) is 13.1 Å². The summed E-state index contributed by atoms with van der Waals surface area (Å²) >= 11 is 0. The number of hydrogen-bond acceptors (Lipinski definition) is 4. The molecule has 0 bridgehead atoms. The Morgan fingerprint density at radius 2 is 1.94 bits per heavy atom. The Bertz CT molecular complexity index is 237. The van der Waals surface area contributed by atoms with Gasteiger partial charge in [-0.2, -0.15) is 0 Å². The first-order valence-corrected chi connectivity index (χ1v) is 4.76. The van der Waals surface area contributed by atoms with Crippen molar-refractivity contribution in [3.05, 3.63) is 25.4 Å². The predicted octanol–water partition coefficient (Wildman–Crippen LogP) is 0.543. The fourth-order valence-electron chi connectivity index (χ4n) is 0.531. The molecular weight excluding hydrogens is 208 g/mol. The third kappa shape index (κ3) is 18.2. The van der Waals surface area contributed by atoms with Crippen molar-refractivity contribution in [3.63, 3.8) is 0 Å². The molecule has 0 atom stereocenters. The molecular formula is C11H20N2O3. The Hall–Kier alpha value is -1.62. The van der Waals surface area contributed by atoms with E-state index in [0.29, 0.717) is 6.61 Å². The van der Waals surface area contributed by atoms with Gasteiger partial charge in [0.1, 0.15) is 6.61 Å². The van der Waals surface area contributed by atoms with Crippen molar-refractivity contribution in [2.45, 2.75) is 6.92 Å². The van der Waals surface area contributed by atoms with Crippen LogP contribution in [0.3, 0.4) is 0 Å². The third-order valence-corrected chi connectivity index (χ3v) is 1.25. The van der Waals surface area contributed by atoms with E-state index in [2.05, 4.69) is 18.5 Å². The highest BCUT2D eigenvalue weighted by molar-refractivity contribution is 5.81. The molecule has 0 saturated carbocycles. The van der Waals surface area contributed by atoms with Gasteiger partial charge in [-0.25, -0.2) is 4.79 Å². The lowest BCUT2D eigenvalue weighted by atomic mass is 10.6. The van der Waals surface area contributed by atoms with E-state index in [-0.39, 0.29) is 11.9 Å². The van der Waals surface area contributed by atoms with Crippen LogP contribution in [0, 0.1) is 0 Å². The summed E-state index contributed by atoms with van der Waals surface area (Å²) in [5.41, 5.74) is 0. The molecule has 0 aliphatic carbocycles. The van der Waals surface area contributed by atoms with Crippen LogP contribution in [0.4, 0.5) is 0 Å². The summed E-state index contributed by atoms with van der Waals surface area (Å²) in [4.78, 5) is 22.2. The molecule has 0 aliphatic heterocycles. The van der Waals surface area contributed by atoms with Crippen LogP contribution < -0.4 is 5.32 Å². The van der Waals surface area contributed by atoms with Gasteiger partial charge < -0.3 is 15.0 Å². The Morgan fingerprint density at radius 3 is 2.19 bits per heavy atom. The second-order valence-electron chi connectivity index (χ2n) is 3.08. The number of hydrogen-bond donors (Lipinski definition) is 1. The molecule has 5 nitrogen and oxygen atoms in total. The number of ether oxygens (including phenoxy) is 1. The maximum Gasteiger partial charge on any atom is 0.330 e. The van der Waals surface area contributed by atoms with Crippen molar-refractivity contribution < 1.29 is 14.3 Å². The molecule has 0 aliphatic rings. The quantitative estimate of drug-likeness (QED) is 0.551. The van der Waals surface area contributed by atoms with Crippen molar-refractivity contribution in [1.82, 2.24) is 10.2 Å². The number of likely N-dealkylation sites (N-methyl/N-ethyl adjacent to an activating group) is 1. The minimum atomic E-state index is -0.359. The summed E-state index contributed by atoms with van der Waals surface area (Å²) in [6.07, 6.45) is 2.51. The normalized spacial score (nSPS) is 8.50. The zero-order valence-corrected chi connectivity index (χ0v) is 10.2. The van der Waals surface area contributed by atoms with Gasteiger partial charge in [-0.05, 0) is 20.3 Å². The lowest BCUT2D eigenvalue weighted by Crippen LogP contribution is -2.19.